The van der Waals surface area contributed by atoms with Crippen LogP contribution in [0.25, 0.3) is 0 Å². The lowest BCUT2D eigenvalue weighted by Gasteiger charge is -2.15. The molecule has 0 aliphatic carbocycles. The van der Waals surface area contributed by atoms with Gasteiger partial charge < -0.3 is 10.2 Å². The van der Waals surface area contributed by atoms with E-state index < -0.39 is 9.84 Å². The van der Waals surface area contributed by atoms with Gasteiger partial charge in [0.25, 0.3) is 0 Å². The van der Waals surface area contributed by atoms with Gasteiger partial charge in [-0.05, 0) is 80.6 Å². The summed E-state index contributed by atoms with van der Waals surface area (Å²) in [5.74, 6) is -0.570. The van der Waals surface area contributed by atoms with Gasteiger partial charge in [-0.1, -0.05) is 0 Å². The zero-order valence-electron chi connectivity index (χ0n) is 13.4. The van der Waals surface area contributed by atoms with E-state index in [-0.39, 0.29) is 21.3 Å². The van der Waals surface area contributed by atoms with Crippen molar-refractivity contribution in [3.05, 3.63) is 46.0 Å². The molecule has 0 aliphatic heterocycles. The third kappa shape index (κ3) is 2.46. The molecule has 0 saturated heterocycles. The van der Waals surface area contributed by atoms with Crippen LogP contribution >= 0.6 is 0 Å². The summed E-state index contributed by atoms with van der Waals surface area (Å²) >= 11 is 0. The quantitative estimate of drug-likeness (QED) is 0.888. The molecule has 0 fully saturated rings. The highest BCUT2D eigenvalue weighted by Gasteiger charge is 2.27. The van der Waals surface area contributed by atoms with Crippen LogP contribution in [0.1, 0.15) is 27.8 Å². The number of rotatable bonds is 2. The first kappa shape index (κ1) is 16.4. The summed E-state index contributed by atoms with van der Waals surface area (Å²) in [6.45, 7) is 8.87. The third-order valence-corrected chi connectivity index (χ3v) is 6.04. The van der Waals surface area contributed by atoms with E-state index in [2.05, 4.69) is 0 Å². The third-order valence-electron chi connectivity index (χ3n) is 4.24. The second-order valence-electron chi connectivity index (χ2n) is 5.70. The Kier molecular flexibility index (Phi) is 3.96. The maximum Gasteiger partial charge on any atom is 0.213 e. The van der Waals surface area contributed by atoms with Crippen molar-refractivity contribution in [3.8, 4) is 11.5 Å². The SMILES string of the molecule is Cc1cc(O)c(S(=O)(=O)c2cc(C)c(C)c(C)c2O)cc1C. The number of phenolic OH excluding ortho intramolecular Hbond substituents is 2. The fourth-order valence-corrected chi connectivity index (χ4v) is 3.99. The molecule has 4 nitrogen and oxygen atoms in total. The number of aryl methyl sites for hydroxylation is 3. The highest BCUT2D eigenvalue weighted by molar-refractivity contribution is 7.91. The van der Waals surface area contributed by atoms with Crippen LogP contribution in [0, 0.1) is 34.6 Å². The Morgan fingerprint density at radius 3 is 1.82 bits per heavy atom. The minimum Gasteiger partial charge on any atom is -0.507 e. The number of sulfone groups is 1. The van der Waals surface area contributed by atoms with Crippen LogP contribution in [-0.4, -0.2) is 18.6 Å². The summed E-state index contributed by atoms with van der Waals surface area (Å²) < 4.78 is 25.7. The lowest BCUT2D eigenvalue weighted by molar-refractivity contribution is 0.449. The molecule has 22 heavy (non-hydrogen) atoms. The minimum atomic E-state index is -4.00. The Morgan fingerprint density at radius 2 is 1.23 bits per heavy atom. The number of hydrogen-bond acceptors (Lipinski definition) is 4. The van der Waals surface area contributed by atoms with Crippen molar-refractivity contribution in [2.24, 2.45) is 0 Å². The van der Waals surface area contributed by atoms with Crippen LogP contribution < -0.4 is 0 Å². The number of hydrogen-bond donors (Lipinski definition) is 2. The van der Waals surface area contributed by atoms with Crippen molar-refractivity contribution in [1.82, 2.24) is 0 Å². The highest BCUT2D eigenvalue weighted by atomic mass is 32.2. The molecule has 2 aromatic carbocycles. The summed E-state index contributed by atoms with van der Waals surface area (Å²) in [4.78, 5) is -0.361. The minimum absolute atomic E-state index is 0.174. The van der Waals surface area contributed by atoms with Gasteiger partial charge in [-0.3, -0.25) is 0 Å². The van der Waals surface area contributed by atoms with Crippen LogP contribution in [0.3, 0.4) is 0 Å². The van der Waals surface area contributed by atoms with Gasteiger partial charge in [0.1, 0.15) is 21.3 Å². The average molecular weight is 320 g/mol. The first-order chi connectivity index (χ1) is 10.1. The Labute approximate surface area is 131 Å². The van der Waals surface area contributed by atoms with Crippen LogP contribution in [0.2, 0.25) is 0 Å². The molecule has 0 amide bonds. The molecular weight excluding hydrogens is 300 g/mol. The molecule has 2 rings (SSSR count). The van der Waals surface area contributed by atoms with Crippen molar-refractivity contribution in [3.63, 3.8) is 0 Å². The topological polar surface area (TPSA) is 74.6 Å². The summed E-state index contributed by atoms with van der Waals surface area (Å²) in [6.07, 6.45) is 0. The highest BCUT2D eigenvalue weighted by Crippen LogP contribution is 2.38. The predicted molar refractivity (Wildman–Crippen MR) is 85.4 cm³/mol. The largest absolute Gasteiger partial charge is 0.507 e. The van der Waals surface area contributed by atoms with Crippen molar-refractivity contribution in [1.29, 1.82) is 0 Å². The van der Waals surface area contributed by atoms with E-state index in [0.29, 0.717) is 5.56 Å². The zero-order chi connectivity index (χ0) is 16.8. The first-order valence-electron chi connectivity index (χ1n) is 6.92. The Balaban J connectivity index is 2.80. The van der Waals surface area contributed by atoms with Gasteiger partial charge in [0.2, 0.25) is 9.84 Å². The standard InChI is InChI=1S/C17H20O4S/c1-9-6-14(18)15(7-10(9)2)22(20,21)16-8-11(3)12(4)13(5)17(16)19/h6-8,18-19H,1-5H3. The van der Waals surface area contributed by atoms with E-state index in [4.69, 9.17) is 0 Å². The van der Waals surface area contributed by atoms with Crippen LogP contribution in [0.5, 0.6) is 11.5 Å². The molecule has 0 aromatic heterocycles. The Morgan fingerprint density at radius 1 is 0.727 bits per heavy atom. The molecule has 118 valence electrons. The van der Waals surface area contributed by atoms with E-state index in [1.54, 1.807) is 27.7 Å². The number of benzene rings is 2. The maximum absolute atomic E-state index is 12.8. The molecular formula is C17H20O4S. The molecule has 0 spiro atoms. The van der Waals surface area contributed by atoms with Gasteiger partial charge in [-0.25, -0.2) is 8.42 Å². The molecule has 0 atom stereocenters. The summed E-state index contributed by atoms with van der Waals surface area (Å²) in [5.41, 5.74) is 3.72. The van der Waals surface area contributed by atoms with Gasteiger partial charge >= 0.3 is 0 Å². The van der Waals surface area contributed by atoms with E-state index in [1.807, 2.05) is 6.92 Å². The second-order valence-corrected chi connectivity index (χ2v) is 7.58. The fourth-order valence-electron chi connectivity index (χ4n) is 2.34. The molecule has 2 N–H and O–H groups in total. The van der Waals surface area contributed by atoms with Crippen LogP contribution in [0.15, 0.2) is 28.0 Å². The molecule has 0 bridgehead atoms. The van der Waals surface area contributed by atoms with Gasteiger partial charge in [0.05, 0.1) is 0 Å². The Bertz CT molecular complexity index is 865. The number of phenols is 2. The van der Waals surface area contributed by atoms with Crippen molar-refractivity contribution >= 4 is 9.84 Å². The van der Waals surface area contributed by atoms with E-state index in [0.717, 1.165) is 22.3 Å². The van der Waals surface area contributed by atoms with Gasteiger partial charge in [-0.2, -0.15) is 0 Å². The molecule has 0 unspecified atom stereocenters. The summed E-state index contributed by atoms with van der Waals surface area (Å²) in [6, 6.07) is 4.30. The number of aromatic hydroxyl groups is 2. The zero-order valence-corrected chi connectivity index (χ0v) is 14.2. The average Bonchev–Trinajstić information content (AvgIpc) is 2.44. The van der Waals surface area contributed by atoms with Crippen molar-refractivity contribution < 1.29 is 18.6 Å². The predicted octanol–water partition coefficient (Wildman–Crippen LogP) is 3.47. The van der Waals surface area contributed by atoms with E-state index in [1.165, 1.54) is 18.2 Å². The molecule has 0 saturated carbocycles. The van der Waals surface area contributed by atoms with E-state index >= 15 is 0 Å². The Hall–Kier alpha value is -2.01. The lowest BCUT2D eigenvalue weighted by atomic mass is 10.0. The van der Waals surface area contributed by atoms with Crippen LogP contribution in [-0.2, 0) is 9.84 Å². The first-order valence-corrected chi connectivity index (χ1v) is 8.40. The normalized spacial score (nSPS) is 11.7. The lowest BCUT2D eigenvalue weighted by Crippen LogP contribution is -2.06. The maximum atomic E-state index is 12.8. The molecule has 0 heterocycles. The van der Waals surface area contributed by atoms with Gasteiger partial charge in [-0.15, -0.1) is 0 Å². The molecule has 0 aliphatic rings. The van der Waals surface area contributed by atoms with Gasteiger partial charge in [0, 0.05) is 0 Å². The molecule has 5 heteroatoms. The summed E-state index contributed by atoms with van der Waals surface area (Å²) in [5, 5.41) is 20.3. The smallest absolute Gasteiger partial charge is 0.213 e. The fraction of sp³-hybridized carbons (Fsp3) is 0.294. The second kappa shape index (κ2) is 5.32. The van der Waals surface area contributed by atoms with Crippen molar-refractivity contribution in [2.75, 3.05) is 0 Å². The molecule has 0 radical (unpaired) electrons. The van der Waals surface area contributed by atoms with Gasteiger partial charge in [0.15, 0.2) is 0 Å². The monoisotopic (exact) mass is 320 g/mol. The molecule has 2 aromatic rings. The summed E-state index contributed by atoms with van der Waals surface area (Å²) in [7, 11) is -4.00. The van der Waals surface area contributed by atoms with E-state index in [9.17, 15) is 18.6 Å². The van der Waals surface area contributed by atoms with Crippen molar-refractivity contribution in [2.45, 2.75) is 44.4 Å². The van der Waals surface area contributed by atoms with Crippen LogP contribution in [0.4, 0.5) is 0 Å².